The van der Waals surface area contributed by atoms with Crippen molar-refractivity contribution < 1.29 is 27.5 Å². The largest absolute Gasteiger partial charge is 0.466 e. The van der Waals surface area contributed by atoms with Crippen molar-refractivity contribution in [3.8, 4) is 0 Å². The Bertz CT molecular complexity index is 806. The third kappa shape index (κ3) is 5.36. The van der Waals surface area contributed by atoms with Gasteiger partial charge in [-0.15, -0.1) is 11.6 Å². The Kier molecular flexibility index (Phi) is 7.55. The summed E-state index contributed by atoms with van der Waals surface area (Å²) in [5, 5.41) is -0.563. The molecule has 0 bridgehead atoms. The molecule has 1 heterocycles. The van der Waals surface area contributed by atoms with E-state index in [1.54, 1.807) is 11.8 Å². The first-order valence-corrected chi connectivity index (χ1v) is 11.4. The van der Waals surface area contributed by atoms with Gasteiger partial charge in [0.15, 0.2) is 0 Å². The van der Waals surface area contributed by atoms with Gasteiger partial charge in [-0.1, -0.05) is 6.92 Å². The monoisotopic (exact) mass is 459 g/mol. The Morgan fingerprint density at radius 3 is 2.42 bits per heavy atom. The van der Waals surface area contributed by atoms with Crippen molar-refractivity contribution in [1.29, 1.82) is 0 Å². The molecule has 1 amide bonds. The summed E-state index contributed by atoms with van der Waals surface area (Å²) in [4.78, 5) is 26.9. The second-order valence-electron chi connectivity index (χ2n) is 8.47. The van der Waals surface area contributed by atoms with Crippen molar-refractivity contribution in [3.05, 3.63) is 29.3 Å². The van der Waals surface area contributed by atoms with Gasteiger partial charge < -0.3 is 9.64 Å². The highest BCUT2D eigenvalue weighted by atomic mass is 35.5. The lowest BCUT2D eigenvalue weighted by atomic mass is 9.79. The molecule has 2 atom stereocenters. The molecule has 31 heavy (non-hydrogen) atoms. The zero-order valence-electron chi connectivity index (χ0n) is 17.9. The van der Waals surface area contributed by atoms with Crippen LogP contribution in [0.25, 0.3) is 0 Å². The number of amides is 1. The van der Waals surface area contributed by atoms with Crippen molar-refractivity contribution >= 4 is 29.2 Å². The lowest BCUT2D eigenvalue weighted by Gasteiger charge is -2.42. The molecule has 2 unspecified atom stereocenters. The minimum Gasteiger partial charge on any atom is -0.466 e. The van der Waals surface area contributed by atoms with Crippen LogP contribution in [0.15, 0.2) is 18.2 Å². The summed E-state index contributed by atoms with van der Waals surface area (Å²) in [6, 6.07) is 3.35. The van der Waals surface area contributed by atoms with Gasteiger partial charge in [0.1, 0.15) is 0 Å². The van der Waals surface area contributed by atoms with Gasteiger partial charge in [-0.2, -0.15) is 13.2 Å². The zero-order valence-corrected chi connectivity index (χ0v) is 18.6. The summed E-state index contributed by atoms with van der Waals surface area (Å²) in [5.74, 6) is -0.247. The Labute approximate surface area is 186 Å². The highest BCUT2D eigenvalue weighted by molar-refractivity contribution is 6.22. The summed E-state index contributed by atoms with van der Waals surface area (Å²) in [6.07, 6.45) is -0.141. The highest BCUT2D eigenvalue weighted by Crippen LogP contribution is 2.45. The van der Waals surface area contributed by atoms with Crippen LogP contribution in [0, 0.1) is 11.8 Å². The minimum absolute atomic E-state index is 0.0500. The van der Waals surface area contributed by atoms with Crippen LogP contribution in [0.2, 0.25) is 0 Å². The smallest absolute Gasteiger partial charge is 0.416 e. The molecule has 0 spiro atoms. The van der Waals surface area contributed by atoms with Crippen LogP contribution in [0.5, 0.6) is 0 Å². The van der Waals surface area contributed by atoms with Gasteiger partial charge >= 0.3 is 12.1 Å². The summed E-state index contributed by atoms with van der Waals surface area (Å²) < 4.78 is 44.6. The first kappa shape index (κ1) is 23.9. The molecule has 1 saturated carbocycles. The molecule has 3 rings (SSSR count). The number of nitrogens with zero attached hydrogens (tertiary/aromatic N) is 1. The third-order valence-corrected chi connectivity index (χ3v) is 6.87. The number of carbonyl (C=O) groups excluding carboxylic acids is 2. The molecule has 4 nitrogen and oxygen atoms in total. The average Bonchev–Trinajstić information content (AvgIpc) is 2.73. The van der Waals surface area contributed by atoms with Crippen molar-refractivity contribution in [3.63, 3.8) is 0 Å². The van der Waals surface area contributed by atoms with E-state index in [0.29, 0.717) is 50.0 Å². The van der Waals surface area contributed by atoms with Crippen molar-refractivity contribution in [1.82, 2.24) is 0 Å². The van der Waals surface area contributed by atoms with E-state index in [0.717, 1.165) is 25.0 Å². The highest BCUT2D eigenvalue weighted by Gasteiger charge is 2.40. The molecule has 1 aromatic rings. The molecule has 0 saturated heterocycles. The number of alkyl halides is 4. The quantitative estimate of drug-likeness (QED) is 0.385. The van der Waals surface area contributed by atoms with Gasteiger partial charge in [-0.25, -0.2) is 0 Å². The number of benzene rings is 1. The van der Waals surface area contributed by atoms with Crippen LogP contribution in [0.3, 0.4) is 0 Å². The SMILES string of the molecule is CCOC(=O)CC1CCC(C(=O)N2c3ccc(C(F)(F)F)cc3C(Cl)CC2CC)CC1. The molecular formula is C23H29ClF3NO3. The maximum Gasteiger partial charge on any atom is 0.416 e. The van der Waals surface area contributed by atoms with E-state index in [2.05, 4.69) is 0 Å². The number of fused-ring (bicyclic) bond motifs is 1. The van der Waals surface area contributed by atoms with E-state index >= 15 is 0 Å². The summed E-state index contributed by atoms with van der Waals surface area (Å²) >= 11 is 6.44. The van der Waals surface area contributed by atoms with Crippen molar-refractivity contribution in [2.24, 2.45) is 11.8 Å². The minimum atomic E-state index is -4.46. The zero-order chi connectivity index (χ0) is 22.8. The molecule has 1 aromatic carbocycles. The Balaban J connectivity index is 1.77. The van der Waals surface area contributed by atoms with E-state index in [9.17, 15) is 22.8 Å². The number of halogens is 4. The number of rotatable bonds is 5. The molecule has 0 radical (unpaired) electrons. The fraction of sp³-hybridized carbons (Fsp3) is 0.652. The molecule has 1 aliphatic carbocycles. The molecule has 0 aromatic heterocycles. The summed E-state index contributed by atoms with van der Waals surface area (Å²) in [6.45, 7) is 4.09. The molecular weight excluding hydrogens is 431 g/mol. The van der Waals surface area contributed by atoms with E-state index in [4.69, 9.17) is 16.3 Å². The second-order valence-corrected chi connectivity index (χ2v) is 9.00. The fourth-order valence-electron chi connectivity index (χ4n) is 4.78. The third-order valence-electron chi connectivity index (χ3n) is 6.46. The van der Waals surface area contributed by atoms with Gasteiger partial charge in [0.2, 0.25) is 5.91 Å². The van der Waals surface area contributed by atoms with Gasteiger partial charge in [-0.05, 0) is 75.1 Å². The van der Waals surface area contributed by atoms with Crippen LogP contribution in [-0.4, -0.2) is 24.5 Å². The molecule has 0 N–H and O–H groups in total. The normalized spacial score (nSPS) is 26.3. The van der Waals surface area contributed by atoms with Gasteiger partial charge in [0.25, 0.3) is 0 Å². The Morgan fingerprint density at radius 2 is 1.84 bits per heavy atom. The molecule has 8 heteroatoms. The number of anilines is 1. The molecule has 1 fully saturated rings. The number of hydrogen-bond acceptors (Lipinski definition) is 3. The fourth-order valence-corrected chi connectivity index (χ4v) is 5.16. The van der Waals surface area contributed by atoms with Gasteiger partial charge in [0.05, 0.1) is 17.5 Å². The predicted molar refractivity (Wildman–Crippen MR) is 113 cm³/mol. The first-order valence-electron chi connectivity index (χ1n) is 11.0. The summed E-state index contributed by atoms with van der Waals surface area (Å²) in [7, 11) is 0. The number of carbonyl (C=O) groups is 2. The Hall–Kier alpha value is -1.76. The number of ether oxygens (including phenoxy) is 1. The molecule has 2 aliphatic rings. The lowest BCUT2D eigenvalue weighted by Crippen LogP contribution is -2.47. The van der Waals surface area contributed by atoms with Crippen molar-refractivity contribution in [2.45, 2.75) is 76.4 Å². The van der Waals surface area contributed by atoms with Crippen LogP contribution in [-0.2, 0) is 20.5 Å². The van der Waals surface area contributed by atoms with Gasteiger partial charge in [0, 0.05) is 24.1 Å². The van der Waals surface area contributed by atoms with Gasteiger partial charge in [-0.3, -0.25) is 9.59 Å². The van der Waals surface area contributed by atoms with Crippen LogP contribution >= 0.6 is 11.6 Å². The second kappa shape index (κ2) is 9.80. The van der Waals surface area contributed by atoms with E-state index < -0.39 is 17.1 Å². The van der Waals surface area contributed by atoms with E-state index in [-0.39, 0.29) is 29.8 Å². The first-order chi connectivity index (χ1) is 14.7. The number of hydrogen-bond donors (Lipinski definition) is 0. The maximum atomic E-state index is 13.5. The van der Waals surface area contributed by atoms with Crippen molar-refractivity contribution in [2.75, 3.05) is 11.5 Å². The predicted octanol–water partition coefficient (Wildman–Crippen LogP) is 6.26. The van der Waals surface area contributed by atoms with E-state index in [1.807, 2.05) is 6.92 Å². The number of esters is 1. The van der Waals surface area contributed by atoms with Crippen LogP contribution in [0.4, 0.5) is 18.9 Å². The summed E-state index contributed by atoms with van der Waals surface area (Å²) in [5.41, 5.74) is 0.106. The van der Waals surface area contributed by atoms with Crippen LogP contribution < -0.4 is 4.90 Å². The average molecular weight is 460 g/mol. The lowest BCUT2D eigenvalue weighted by molar-refractivity contribution is -0.144. The topological polar surface area (TPSA) is 46.6 Å². The Morgan fingerprint density at radius 1 is 1.16 bits per heavy atom. The standard InChI is InChI=1S/C23H29ClF3NO3/c1-3-17-13-19(24)18-12-16(23(25,26)27)9-10-20(18)28(17)22(30)15-7-5-14(6-8-15)11-21(29)31-4-2/h9-10,12,14-15,17,19H,3-8,11,13H2,1-2H3. The molecule has 1 aliphatic heterocycles. The van der Waals surface area contributed by atoms with Crippen LogP contribution in [0.1, 0.15) is 75.3 Å². The van der Waals surface area contributed by atoms with E-state index in [1.165, 1.54) is 6.07 Å². The molecule has 172 valence electrons. The maximum absolute atomic E-state index is 13.5.